The van der Waals surface area contributed by atoms with Crippen molar-refractivity contribution in [1.82, 2.24) is 4.98 Å². The molecule has 6 nitrogen and oxygen atoms in total. The standard InChI is InChI=1S/C11H10N4O2S/c12-5-8-4-10-11(13-6-8)15-3-1-2-9(15)7-14-18(10,16)17/h4,6-7,9H,1-3H2/t9-/m1/s1. The van der Waals surface area contributed by atoms with Crippen molar-refractivity contribution >= 4 is 22.1 Å². The van der Waals surface area contributed by atoms with Crippen LogP contribution in [0.4, 0.5) is 5.82 Å². The Morgan fingerprint density at radius 1 is 1.50 bits per heavy atom. The van der Waals surface area contributed by atoms with Gasteiger partial charge in [0.05, 0.1) is 11.6 Å². The lowest BCUT2D eigenvalue weighted by atomic mass is 10.2. The smallest absolute Gasteiger partial charge is 0.285 e. The van der Waals surface area contributed by atoms with Crippen LogP contribution in [-0.2, 0) is 10.0 Å². The molecule has 0 aromatic carbocycles. The van der Waals surface area contributed by atoms with Gasteiger partial charge in [-0.1, -0.05) is 0 Å². The average Bonchev–Trinajstić information content (AvgIpc) is 2.80. The second kappa shape index (κ2) is 3.78. The van der Waals surface area contributed by atoms with Gasteiger partial charge in [-0.15, -0.1) is 0 Å². The van der Waals surface area contributed by atoms with Crippen molar-refractivity contribution in [3.8, 4) is 6.07 Å². The number of rotatable bonds is 0. The minimum atomic E-state index is -3.74. The SMILES string of the molecule is N#Cc1cnc2c(c1)S(=O)(=O)N=C[C@H]1CCCN21. The predicted molar refractivity (Wildman–Crippen MR) is 65.0 cm³/mol. The summed E-state index contributed by atoms with van der Waals surface area (Å²) < 4.78 is 27.7. The van der Waals surface area contributed by atoms with E-state index in [1.165, 1.54) is 18.5 Å². The maximum absolute atomic E-state index is 12.0. The van der Waals surface area contributed by atoms with Crippen molar-refractivity contribution in [2.75, 3.05) is 11.4 Å². The van der Waals surface area contributed by atoms with E-state index in [1.807, 2.05) is 11.0 Å². The van der Waals surface area contributed by atoms with Crippen LogP contribution in [0, 0.1) is 11.3 Å². The number of nitriles is 1. The van der Waals surface area contributed by atoms with Crippen LogP contribution in [0.15, 0.2) is 21.6 Å². The van der Waals surface area contributed by atoms with Crippen molar-refractivity contribution in [1.29, 1.82) is 5.26 Å². The summed E-state index contributed by atoms with van der Waals surface area (Å²) in [7, 11) is -3.74. The van der Waals surface area contributed by atoms with Crippen LogP contribution >= 0.6 is 0 Å². The van der Waals surface area contributed by atoms with Crippen LogP contribution in [-0.4, -0.2) is 32.2 Å². The largest absolute Gasteiger partial charge is 0.347 e. The summed E-state index contributed by atoms with van der Waals surface area (Å²) in [4.78, 5) is 6.10. The third-order valence-corrected chi connectivity index (χ3v) is 4.44. The monoisotopic (exact) mass is 262 g/mol. The molecule has 0 radical (unpaired) electrons. The molecule has 0 aliphatic carbocycles. The summed E-state index contributed by atoms with van der Waals surface area (Å²) in [5.41, 5.74) is 0.227. The van der Waals surface area contributed by atoms with E-state index in [0.29, 0.717) is 5.82 Å². The molecule has 1 atom stereocenters. The molecule has 1 aromatic rings. The van der Waals surface area contributed by atoms with Gasteiger partial charge in [0.15, 0.2) is 0 Å². The zero-order valence-corrected chi connectivity index (χ0v) is 10.3. The number of hydrogen-bond donors (Lipinski definition) is 0. The molecule has 18 heavy (non-hydrogen) atoms. The van der Waals surface area contributed by atoms with E-state index < -0.39 is 10.0 Å². The third-order valence-electron chi connectivity index (χ3n) is 3.18. The molecule has 3 rings (SSSR count). The summed E-state index contributed by atoms with van der Waals surface area (Å²) >= 11 is 0. The van der Waals surface area contributed by atoms with Crippen LogP contribution in [0.3, 0.4) is 0 Å². The Labute approximate surface area is 105 Å². The first-order chi connectivity index (χ1) is 8.62. The molecule has 0 amide bonds. The topological polar surface area (TPSA) is 86.4 Å². The Hall–Kier alpha value is -1.94. The molecule has 0 bridgehead atoms. The summed E-state index contributed by atoms with van der Waals surface area (Å²) in [6.45, 7) is 0.762. The fourth-order valence-electron chi connectivity index (χ4n) is 2.32. The second-order valence-corrected chi connectivity index (χ2v) is 5.89. The number of pyridine rings is 1. The van der Waals surface area contributed by atoms with Gasteiger partial charge in [0.2, 0.25) is 0 Å². The first-order valence-corrected chi connectivity index (χ1v) is 7.03. The molecule has 1 saturated heterocycles. The van der Waals surface area contributed by atoms with E-state index in [4.69, 9.17) is 5.26 Å². The fourth-order valence-corrected chi connectivity index (χ4v) is 3.41. The Kier molecular flexibility index (Phi) is 2.35. The van der Waals surface area contributed by atoms with E-state index in [1.54, 1.807) is 0 Å². The molecule has 1 fully saturated rings. The Balaban J connectivity index is 2.27. The minimum Gasteiger partial charge on any atom is -0.347 e. The highest BCUT2D eigenvalue weighted by Gasteiger charge is 2.33. The van der Waals surface area contributed by atoms with Gasteiger partial charge in [0, 0.05) is 19.0 Å². The lowest BCUT2D eigenvalue weighted by Gasteiger charge is -2.21. The maximum atomic E-state index is 12.0. The van der Waals surface area contributed by atoms with Crippen LogP contribution < -0.4 is 4.90 Å². The number of anilines is 1. The molecule has 0 N–H and O–H groups in total. The number of nitrogens with zero attached hydrogens (tertiary/aromatic N) is 4. The van der Waals surface area contributed by atoms with Gasteiger partial charge >= 0.3 is 0 Å². The lowest BCUT2D eigenvalue weighted by Crippen LogP contribution is -2.30. The number of fused-ring (bicyclic) bond motifs is 3. The maximum Gasteiger partial charge on any atom is 0.285 e. The van der Waals surface area contributed by atoms with Crippen molar-refractivity contribution in [2.24, 2.45) is 4.40 Å². The van der Waals surface area contributed by atoms with Crippen molar-refractivity contribution < 1.29 is 8.42 Å². The molecule has 7 heteroatoms. The van der Waals surface area contributed by atoms with Gasteiger partial charge in [-0.2, -0.15) is 18.1 Å². The minimum absolute atomic E-state index is 0.0125. The molecular formula is C11H10N4O2S. The molecule has 0 saturated carbocycles. The molecule has 0 unspecified atom stereocenters. The third kappa shape index (κ3) is 1.57. The summed E-state index contributed by atoms with van der Waals surface area (Å²) in [6, 6.07) is 3.23. The van der Waals surface area contributed by atoms with E-state index in [9.17, 15) is 8.42 Å². The lowest BCUT2D eigenvalue weighted by molar-refractivity contribution is 0.598. The molecule has 2 aliphatic heterocycles. The highest BCUT2D eigenvalue weighted by molar-refractivity contribution is 7.90. The van der Waals surface area contributed by atoms with Gasteiger partial charge in [0.1, 0.15) is 16.8 Å². The molecule has 1 aromatic heterocycles. The van der Waals surface area contributed by atoms with E-state index in [-0.39, 0.29) is 16.5 Å². The normalized spacial score (nSPS) is 23.9. The Bertz CT molecular complexity index is 675. The second-order valence-electron chi connectivity index (χ2n) is 4.29. The first kappa shape index (κ1) is 11.2. The average molecular weight is 262 g/mol. The fraction of sp³-hybridized carbons (Fsp3) is 0.364. The number of hydrogen-bond acceptors (Lipinski definition) is 5. The molecule has 0 spiro atoms. The van der Waals surface area contributed by atoms with Gasteiger partial charge in [-0.3, -0.25) is 0 Å². The van der Waals surface area contributed by atoms with Crippen LogP contribution in [0.5, 0.6) is 0 Å². The molecule has 3 heterocycles. The zero-order chi connectivity index (χ0) is 12.8. The first-order valence-electron chi connectivity index (χ1n) is 5.59. The highest BCUT2D eigenvalue weighted by Crippen LogP contribution is 2.32. The zero-order valence-electron chi connectivity index (χ0n) is 9.44. The molecule has 2 aliphatic rings. The highest BCUT2D eigenvalue weighted by atomic mass is 32.2. The van der Waals surface area contributed by atoms with Crippen LogP contribution in [0.25, 0.3) is 0 Å². The predicted octanol–water partition coefficient (Wildman–Crippen LogP) is 0.695. The van der Waals surface area contributed by atoms with Crippen LogP contribution in [0.2, 0.25) is 0 Å². The van der Waals surface area contributed by atoms with E-state index >= 15 is 0 Å². The van der Waals surface area contributed by atoms with Crippen molar-refractivity contribution in [3.05, 3.63) is 17.8 Å². The summed E-state index contributed by atoms with van der Waals surface area (Å²) in [5, 5.41) is 8.83. The van der Waals surface area contributed by atoms with Gasteiger partial charge in [-0.25, -0.2) is 4.98 Å². The number of sulfonamides is 1. The van der Waals surface area contributed by atoms with Crippen molar-refractivity contribution in [2.45, 2.75) is 23.8 Å². The Morgan fingerprint density at radius 2 is 2.33 bits per heavy atom. The summed E-state index contributed by atoms with van der Waals surface area (Å²) in [6.07, 6.45) is 4.73. The number of aromatic nitrogens is 1. The molecule has 92 valence electrons. The van der Waals surface area contributed by atoms with Gasteiger partial charge < -0.3 is 4.90 Å². The summed E-state index contributed by atoms with van der Waals surface area (Å²) in [5.74, 6) is 0.411. The Morgan fingerprint density at radius 3 is 3.11 bits per heavy atom. The van der Waals surface area contributed by atoms with E-state index in [2.05, 4.69) is 9.38 Å². The van der Waals surface area contributed by atoms with Crippen molar-refractivity contribution in [3.63, 3.8) is 0 Å². The van der Waals surface area contributed by atoms with Crippen LogP contribution in [0.1, 0.15) is 18.4 Å². The molecular weight excluding hydrogens is 252 g/mol. The van der Waals surface area contributed by atoms with E-state index in [0.717, 1.165) is 19.4 Å². The van der Waals surface area contributed by atoms with Gasteiger partial charge in [0.25, 0.3) is 10.0 Å². The van der Waals surface area contributed by atoms with Gasteiger partial charge in [-0.05, 0) is 18.9 Å². The quantitative estimate of drug-likeness (QED) is 0.686.